The topological polar surface area (TPSA) is 54.0 Å². The van der Waals surface area contributed by atoms with Gasteiger partial charge in [-0.05, 0) is 45.4 Å². The lowest BCUT2D eigenvalue weighted by Gasteiger charge is -2.39. The summed E-state index contributed by atoms with van der Waals surface area (Å²) in [4.78, 5) is 16.7. The molecule has 136 valence electrons. The number of piperidine rings is 1. The molecule has 2 saturated heterocycles. The van der Waals surface area contributed by atoms with Crippen LogP contribution in [0.25, 0.3) is 0 Å². The lowest BCUT2D eigenvalue weighted by molar-refractivity contribution is 0.0398. The maximum atomic E-state index is 12.3. The number of carbonyl (C=O) groups is 1. The average Bonchev–Trinajstić information content (AvgIpc) is 2.88. The number of rotatable bonds is 3. The van der Waals surface area contributed by atoms with Crippen LogP contribution in [0, 0.1) is 0 Å². The first kappa shape index (κ1) is 16.5. The zero-order valence-corrected chi connectivity index (χ0v) is 15.0. The molecule has 2 amide bonds. The number of benzene rings is 1. The standard InChI is InChI=1S/C19H27N3O3/c1-19(2)13-22(18(23)20-19)14-6-5-9-21(10-14)11-15-12-24-16-7-3-4-8-17(16)25-15/h3-4,7-8,14-15H,5-6,9-13H2,1-2H3,(H,20,23). The Morgan fingerprint density at radius 2 is 2.08 bits per heavy atom. The Balaban J connectivity index is 1.35. The largest absolute Gasteiger partial charge is 0.486 e. The van der Waals surface area contributed by atoms with E-state index in [0.29, 0.717) is 6.61 Å². The number of hydrogen-bond acceptors (Lipinski definition) is 4. The summed E-state index contributed by atoms with van der Waals surface area (Å²) in [6, 6.07) is 8.18. The van der Waals surface area contributed by atoms with Crippen LogP contribution in [0.15, 0.2) is 24.3 Å². The van der Waals surface area contributed by atoms with Crippen LogP contribution in [0.2, 0.25) is 0 Å². The van der Waals surface area contributed by atoms with Gasteiger partial charge in [0.05, 0.1) is 5.54 Å². The van der Waals surface area contributed by atoms with Gasteiger partial charge in [-0.25, -0.2) is 4.79 Å². The number of urea groups is 1. The van der Waals surface area contributed by atoms with E-state index in [2.05, 4.69) is 24.1 Å². The minimum atomic E-state index is -0.136. The van der Waals surface area contributed by atoms with E-state index in [1.54, 1.807) is 0 Å². The SMILES string of the molecule is CC1(C)CN(C2CCCN(CC3COc4ccccc4O3)C2)C(=O)N1. The molecule has 3 aliphatic heterocycles. The molecule has 0 spiro atoms. The normalized spacial score (nSPS) is 28.7. The van der Waals surface area contributed by atoms with Gasteiger partial charge in [0.2, 0.25) is 0 Å². The lowest BCUT2D eigenvalue weighted by atomic mass is 10.0. The van der Waals surface area contributed by atoms with Gasteiger partial charge in [0.1, 0.15) is 12.7 Å². The fourth-order valence-electron chi connectivity index (χ4n) is 4.09. The Bertz CT molecular complexity index is 649. The van der Waals surface area contributed by atoms with Gasteiger partial charge in [0, 0.05) is 25.7 Å². The maximum absolute atomic E-state index is 12.3. The first-order valence-corrected chi connectivity index (χ1v) is 9.20. The van der Waals surface area contributed by atoms with Crippen molar-refractivity contribution < 1.29 is 14.3 Å². The summed E-state index contributed by atoms with van der Waals surface area (Å²) >= 11 is 0. The van der Waals surface area contributed by atoms with Crippen molar-refractivity contribution in [2.24, 2.45) is 0 Å². The Labute approximate surface area is 149 Å². The summed E-state index contributed by atoms with van der Waals surface area (Å²) in [6.45, 7) is 8.31. The van der Waals surface area contributed by atoms with Crippen molar-refractivity contribution in [1.82, 2.24) is 15.1 Å². The van der Waals surface area contributed by atoms with E-state index in [4.69, 9.17) is 9.47 Å². The number of ether oxygens (including phenoxy) is 2. The van der Waals surface area contributed by atoms with E-state index in [-0.39, 0.29) is 23.7 Å². The molecule has 4 rings (SSSR count). The second-order valence-corrected chi connectivity index (χ2v) is 8.00. The molecule has 1 N–H and O–H groups in total. The van der Waals surface area contributed by atoms with Crippen molar-refractivity contribution in [1.29, 1.82) is 0 Å². The van der Waals surface area contributed by atoms with E-state index < -0.39 is 0 Å². The van der Waals surface area contributed by atoms with Crippen molar-refractivity contribution in [3.05, 3.63) is 24.3 Å². The van der Waals surface area contributed by atoms with Crippen LogP contribution in [0.4, 0.5) is 4.79 Å². The van der Waals surface area contributed by atoms with Gasteiger partial charge in [-0.2, -0.15) is 0 Å². The highest BCUT2D eigenvalue weighted by molar-refractivity contribution is 5.78. The number of nitrogens with zero attached hydrogens (tertiary/aromatic N) is 2. The third kappa shape index (κ3) is 3.54. The van der Waals surface area contributed by atoms with Crippen LogP contribution in [0.3, 0.4) is 0 Å². The van der Waals surface area contributed by atoms with E-state index in [0.717, 1.165) is 50.5 Å². The summed E-state index contributed by atoms with van der Waals surface area (Å²) < 4.78 is 11.9. The predicted octanol–water partition coefficient (Wildman–Crippen LogP) is 2.09. The number of carbonyl (C=O) groups excluding carboxylic acids is 1. The second-order valence-electron chi connectivity index (χ2n) is 8.00. The van der Waals surface area contributed by atoms with E-state index >= 15 is 0 Å². The average molecular weight is 345 g/mol. The molecule has 3 heterocycles. The highest BCUT2D eigenvalue weighted by atomic mass is 16.6. The molecule has 1 aromatic carbocycles. The number of fused-ring (bicyclic) bond motifs is 1. The summed E-state index contributed by atoms with van der Waals surface area (Å²) in [6.07, 6.45) is 2.22. The van der Waals surface area contributed by atoms with Gasteiger partial charge in [-0.3, -0.25) is 4.90 Å². The highest BCUT2D eigenvalue weighted by Crippen LogP contribution is 2.31. The van der Waals surface area contributed by atoms with E-state index in [1.807, 2.05) is 29.2 Å². The second kappa shape index (κ2) is 6.41. The van der Waals surface area contributed by atoms with Crippen LogP contribution in [0.5, 0.6) is 11.5 Å². The molecule has 2 unspecified atom stereocenters. The Hall–Kier alpha value is -1.95. The fourth-order valence-corrected chi connectivity index (χ4v) is 4.09. The smallest absolute Gasteiger partial charge is 0.318 e. The Morgan fingerprint density at radius 3 is 2.84 bits per heavy atom. The van der Waals surface area contributed by atoms with Crippen molar-refractivity contribution >= 4 is 6.03 Å². The molecule has 0 saturated carbocycles. The zero-order chi connectivity index (χ0) is 17.4. The van der Waals surface area contributed by atoms with Gasteiger partial charge < -0.3 is 19.7 Å². The van der Waals surface area contributed by atoms with E-state index in [1.165, 1.54) is 0 Å². The lowest BCUT2D eigenvalue weighted by Crippen LogP contribution is -2.52. The molecule has 0 aliphatic carbocycles. The van der Waals surface area contributed by atoms with Crippen molar-refractivity contribution in [2.45, 2.75) is 44.4 Å². The number of likely N-dealkylation sites (tertiary alicyclic amines) is 1. The molecule has 3 aliphatic rings. The molecule has 6 nitrogen and oxygen atoms in total. The molecule has 0 radical (unpaired) electrons. The molecule has 25 heavy (non-hydrogen) atoms. The van der Waals surface area contributed by atoms with E-state index in [9.17, 15) is 4.79 Å². The van der Waals surface area contributed by atoms with Crippen LogP contribution in [0.1, 0.15) is 26.7 Å². The van der Waals surface area contributed by atoms with Crippen molar-refractivity contribution in [3.8, 4) is 11.5 Å². The molecular weight excluding hydrogens is 318 g/mol. The molecule has 0 aromatic heterocycles. The number of para-hydroxylation sites is 2. The molecule has 2 fully saturated rings. The number of amides is 2. The first-order chi connectivity index (χ1) is 12.0. The van der Waals surface area contributed by atoms with Crippen molar-refractivity contribution in [3.63, 3.8) is 0 Å². The maximum Gasteiger partial charge on any atom is 0.318 e. The quantitative estimate of drug-likeness (QED) is 0.911. The summed E-state index contributed by atoms with van der Waals surface area (Å²) in [5.41, 5.74) is -0.136. The third-order valence-corrected chi connectivity index (χ3v) is 5.22. The minimum Gasteiger partial charge on any atom is -0.486 e. The van der Waals surface area contributed by atoms with Crippen LogP contribution >= 0.6 is 0 Å². The Kier molecular flexibility index (Phi) is 4.23. The monoisotopic (exact) mass is 345 g/mol. The number of nitrogens with one attached hydrogen (secondary N) is 1. The summed E-state index contributed by atoms with van der Waals surface area (Å²) in [5, 5.41) is 3.07. The molecule has 1 aromatic rings. The predicted molar refractivity (Wildman–Crippen MR) is 95.1 cm³/mol. The molecule has 2 atom stereocenters. The zero-order valence-electron chi connectivity index (χ0n) is 15.0. The van der Waals surface area contributed by atoms with Gasteiger partial charge in [0.15, 0.2) is 11.5 Å². The van der Waals surface area contributed by atoms with Gasteiger partial charge in [0.25, 0.3) is 0 Å². The molecular formula is C19H27N3O3. The fraction of sp³-hybridized carbons (Fsp3) is 0.632. The van der Waals surface area contributed by atoms with Crippen LogP contribution in [-0.2, 0) is 0 Å². The molecule has 6 heteroatoms. The first-order valence-electron chi connectivity index (χ1n) is 9.20. The van der Waals surface area contributed by atoms with Crippen LogP contribution in [-0.4, -0.2) is 66.3 Å². The van der Waals surface area contributed by atoms with Crippen molar-refractivity contribution in [2.75, 3.05) is 32.8 Å². The molecule has 0 bridgehead atoms. The minimum absolute atomic E-state index is 0.0393. The van der Waals surface area contributed by atoms with Gasteiger partial charge >= 0.3 is 6.03 Å². The number of hydrogen-bond donors (Lipinski definition) is 1. The highest BCUT2D eigenvalue weighted by Gasteiger charge is 2.40. The summed E-state index contributed by atoms with van der Waals surface area (Å²) in [5.74, 6) is 1.65. The van der Waals surface area contributed by atoms with Gasteiger partial charge in [-0.15, -0.1) is 0 Å². The van der Waals surface area contributed by atoms with Crippen LogP contribution < -0.4 is 14.8 Å². The van der Waals surface area contributed by atoms with Gasteiger partial charge in [-0.1, -0.05) is 12.1 Å². The third-order valence-electron chi connectivity index (χ3n) is 5.22. The Morgan fingerprint density at radius 1 is 1.28 bits per heavy atom. The summed E-state index contributed by atoms with van der Waals surface area (Å²) in [7, 11) is 0.